The van der Waals surface area contributed by atoms with Crippen molar-refractivity contribution in [2.75, 3.05) is 6.54 Å². The van der Waals surface area contributed by atoms with Crippen LogP contribution in [0.25, 0.3) is 0 Å². The fourth-order valence-corrected chi connectivity index (χ4v) is 2.87. The standard InChI is InChI=1S/C12H15NOS/c1-10(13-9-5-8-12(13)14)15-11-6-3-2-4-7-11/h2-4,6-7,10H,5,8-9H2,1H3/t10-/m1/s1. The SMILES string of the molecule is C[C@@H](Sc1ccccc1)N1CCCC1=O. The molecule has 1 aliphatic heterocycles. The summed E-state index contributed by atoms with van der Waals surface area (Å²) < 4.78 is 0. The zero-order valence-electron chi connectivity index (χ0n) is 8.85. The Hall–Kier alpha value is -0.960. The van der Waals surface area contributed by atoms with Gasteiger partial charge in [-0.3, -0.25) is 4.79 Å². The van der Waals surface area contributed by atoms with Crippen LogP contribution in [-0.2, 0) is 4.79 Å². The molecule has 1 aliphatic rings. The van der Waals surface area contributed by atoms with Crippen LogP contribution in [0, 0.1) is 0 Å². The Morgan fingerprint density at radius 2 is 2.07 bits per heavy atom. The average Bonchev–Trinajstić information content (AvgIpc) is 2.66. The molecule has 15 heavy (non-hydrogen) atoms. The Balaban J connectivity index is 1.97. The van der Waals surface area contributed by atoms with Crippen molar-refractivity contribution in [2.24, 2.45) is 0 Å². The normalized spacial score (nSPS) is 18.2. The summed E-state index contributed by atoms with van der Waals surface area (Å²) in [6, 6.07) is 10.2. The Kier molecular flexibility index (Phi) is 3.31. The molecule has 0 radical (unpaired) electrons. The maximum atomic E-state index is 11.5. The van der Waals surface area contributed by atoms with E-state index in [1.54, 1.807) is 11.8 Å². The van der Waals surface area contributed by atoms with Gasteiger partial charge in [0.05, 0.1) is 5.37 Å². The van der Waals surface area contributed by atoms with Crippen molar-refractivity contribution < 1.29 is 4.79 Å². The third kappa shape index (κ3) is 2.53. The lowest BCUT2D eigenvalue weighted by atomic mass is 10.4. The smallest absolute Gasteiger partial charge is 0.223 e. The summed E-state index contributed by atoms with van der Waals surface area (Å²) in [5.74, 6) is 0.297. The summed E-state index contributed by atoms with van der Waals surface area (Å²) in [5.41, 5.74) is 0. The van der Waals surface area contributed by atoms with Crippen molar-refractivity contribution in [3.05, 3.63) is 30.3 Å². The van der Waals surface area contributed by atoms with E-state index < -0.39 is 0 Å². The maximum absolute atomic E-state index is 11.5. The second-order valence-corrected chi connectivity index (χ2v) is 5.11. The highest BCUT2D eigenvalue weighted by atomic mass is 32.2. The Morgan fingerprint density at radius 3 is 2.67 bits per heavy atom. The van der Waals surface area contributed by atoms with Gasteiger partial charge in [-0.05, 0) is 25.5 Å². The van der Waals surface area contributed by atoms with Crippen LogP contribution >= 0.6 is 11.8 Å². The summed E-state index contributed by atoms with van der Waals surface area (Å²) in [6.07, 6.45) is 1.73. The first-order valence-electron chi connectivity index (χ1n) is 5.28. The van der Waals surface area contributed by atoms with Crippen LogP contribution in [0.15, 0.2) is 35.2 Å². The second kappa shape index (κ2) is 4.71. The van der Waals surface area contributed by atoms with Gasteiger partial charge in [0.1, 0.15) is 0 Å². The van der Waals surface area contributed by atoms with Crippen molar-refractivity contribution in [3.8, 4) is 0 Å². The van der Waals surface area contributed by atoms with Gasteiger partial charge in [-0.2, -0.15) is 0 Å². The summed E-state index contributed by atoms with van der Waals surface area (Å²) in [4.78, 5) is 14.7. The predicted octanol–water partition coefficient (Wildman–Crippen LogP) is 2.75. The highest BCUT2D eigenvalue weighted by Gasteiger charge is 2.25. The van der Waals surface area contributed by atoms with Gasteiger partial charge < -0.3 is 4.90 Å². The van der Waals surface area contributed by atoms with Gasteiger partial charge in [0, 0.05) is 17.9 Å². The number of likely N-dealkylation sites (tertiary alicyclic amines) is 1. The number of thioether (sulfide) groups is 1. The number of hydrogen-bond donors (Lipinski definition) is 0. The van der Waals surface area contributed by atoms with E-state index in [1.807, 2.05) is 23.1 Å². The molecule has 1 aromatic rings. The van der Waals surface area contributed by atoms with Gasteiger partial charge in [-0.15, -0.1) is 11.8 Å². The van der Waals surface area contributed by atoms with E-state index in [0.29, 0.717) is 5.91 Å². The number of rotatable bonds is 3. The van der Waals surface area contributed by atoms with Crippen LogP contribution in [0.3, 0.4) is 0 Å². The molecule has 2 nitrogen and oxygen atoms in total. The number of carbonyl (C=O) groups is 1. The molecule has 1 fully saturated rings. The first kappa shape index (κ1) is 10.6. The van der Waals surface area contributed by atoms with Crippen LogP contribution in [0.2, 0.25) is 0 Å². The number of amides is 1. The van der Waals surface area contributed by atoms with Gasteiger partial charge in [-0.25, -0.2) is 0 Å². The Labute approximate surface area is 94.7 Å². The Morgan fingerprint density at radius 1 is 1.33 bits per heavy atom. The molecule has 0 unspecified atom stereocenters. The highest BCUT2D eigenvalue weighted by Crippen LogP contribution is 2.27. The monoisotopic (exact) mass is 221 g/mol. The fraction of sp³-hybridized carbons (Fsp3) is 0.417. The van der Waals surface area contributed by atoms with Gasteiger partial charge in [-0.1, -0.05) is 18.2 Å². The summed E-state index contributed by atoms with van der Waals surface area (Å²) in [6.45, 7) is 3.01. The molecular weight excluding hydrogens is 206 g/mol. The molecule has 1 heterocycles. The lowest BCUT2D eigenvalue weighted by Gasteiger charge is -2.23. The molecule has 0 saturated carbocycles. The van der Waals surface area contributed by atoms with E-state index >= 15 is 0 Å². The van der Waals surface area contributed by atoms with Crippen LogP contribution < -0.4 is 0 Å². The van der Waals surface area contributed by atoms with E-state index in [-0.39, 0.29) is 5.37 Å². The summed E-state index contributed by atoms with van der Waals surface area (Å²) in [7, 11) is 0. The van der Waals surface area contributed by atoms with Gasteiger partial charge in [0.15, 0.2) is 0 Å². The van der Waals surface area contributed by atoms with Crippen LogP contribution in [-0.4, -0.2) is 22.7 Å². The van der Waals surface area contributed by atoms with E-state index in [2.05, 4.69) is 19.1 Å². The molecule has 0 aromatic heterocycles. The molecule has 1 amide bonds. The zero-order valence-corrected chi connectivity index (χ0v) is 9.67. The zero-order chi connectivity index (χ0) is 10.7. The predicted molar refractivity (Wildman–Crippen MR) is 62.7 cm³/mol. The van der Waals surface area contributed by atoms with Gasteiger partial charge >= 0.3 is 0 Å². The van der Waals surface area contributed by atoms with E-state index in [0.717, 1.165) is 19.4 Å². The minimum absolute atomic E-state index is 0.252. The number of hydrogen-bond acceptors (Lipinski definition) is 2. The second-order valence-electron chi connectivity index (χ2n) is 3.72. The van der Waals surface area contributed by atoms with E-state index in [4.69, 9.17) is 0 Å². The van der Waals surface area contributed by atoms with Crippen molar-refractivity contribution in [3.63, 3.8) is 0 Å². The number of benzene rings is 1. The lowest BCUT2D eigenvalue weighted by molar-refractivity contribution is -0.128. The topological polar surface area (TPSA) is 20.3 Å². The van der Waals surface area contributed by atoms with Crippen molar-refractivity contribution in [2.45, 2.75) is 30.0 Å². The number of nitrogens with zero attached hydrogens (tertiary/aromatic N) is 1. The van der Waals surface area contributed by atoms with Crippen molar-refractivity contribution in [1.82, 2.24) is 4.90 Å². The molecule has 3 heteroatoms. The number of carbonyl (C=O) groups excluding carboxylic acids is 1. The fourth-order valence-electron chi connectivity index (χ4n) is 1.81. The van der Waals surface area contributed by atoms with Crippen LogP contribution in [0.4, 0.5) is 0 Å². The molecule has 1 atom stereocenters. The maximum Gasteiger partial charge on any atom is 0.223 e. The van der Waals surface area contributed by atoms with Crippen LogP contribution in [0.5, 0.6) is 0 Å². The van der Waals surface area contributed by atoms with Crippen molar-refractivity contribution in [1.29, 1.82) is 0 Å². The molecule has 80 valence electrons. The summed E-state index contributed by atoms with van der Waals surface area (Å²) >= 11 is 1.75. The third-order valence-electron chi connectivity index (χ3n) is 2.60. The first-order chi connectivity index (χ1) is 7.27. The quantitative estimate of drug-likeness (QED) is 0.731. The van der Waals surface area contributed by atoms with E-state index in [1.165, 1.54) is 4.90 Å². The minimum Gasteiger partial charge on any atom is -0.331 e. The molecule has 0 bridgehead atoms. The Bertz CT molecular complexity index is 339. The van der Waals surface area contributed by atoms with Gasteiger partial charge in [0.25, 0.3) is 0 Å². The minimum atomic E-state index is 0.252. The van der Waals surface area contributed by atoms with E-state index in [9.17, 15) is 4.79 Å². The molecule has 0 aliphatic carbocycles. The molecule has 1 saturated heterocycles. The highest BCUT2D eigenvalue weighted by molar-refractivity contribution is 7.99. The first-order valence-corrected chi connectivity index (χ1v) is 6.16. The summed E-state index contributed by atoms with van der Waals surface area (Å²) in [5, 5.41) is 0.252. The molecule has 0 N–H and O–H groups in total. The molecule has 0 spiro atoms. The molecule has 1 aromatic carbocycles. The van der Waals surface area contributed by atoms with Crippen LogP contribution in [0.1, 0.15) is 19.8 Å². The average molecular weight is 221 g/mol. The largest absolute Gasteiger partial charge is 0.331 e. The molecular formula is C12H15NOS. The van der Waals surface area contributed by atoms with Gasteiger partial charge in [0.2, 0.25) is 5.91 Å². The van der Waals surface area contributed by atoms with Crippen molar-refractivity contribution >= 4 is 17.7 Å². The lowest BCUT2D eigenvalue weighted by Crippen LogP contribution is -2.31. The molecule has 2 rings (SSSR count). The third-order valence-corrected chi connectivity index (χ3v) is 3.74.